The van der Waals surface area contributed by atoms with E-state index in [0.717, 1.165) is 18.4 Å². The van der Waals surface area contributed by atoms with Crippen molar-refractivity contribution < 1.29 is 9.94 Å². The summed E-state index contributed by atoms with van der Waals surface area (Å²) in [6.45, 7) is 4.28. The second-order valence-corrected chi connectivity index (χ2v) is 3.82. The molecule has 92 valence electrons. The largest absolute Gasteiger partial charge is 0.411 e. The molecule has 0 bridgehead atoms. The van der Waals surface area contributed by atoms with Gasteiger partial charge in [-0.15, -0.1) is 11.7 Å². The second-order valence-electron chi connectivity index (χ2n) is 3.82. The number of oxime groups is 1. The van der Waals surface area contributed by atoms with E-state index in [2.05, 4.69) is 11.7 Å². The Hall–Kier alpha value is -1.61. The fourth-order valence-electron chi connectivity index (χ4n) is 1.53. The molecule has 1 unspecified atom stereocenters. The highest BCUT2D eigenvalue weighted by molar-refractivity contribution is 5.56. The first-order valence-corrected chi connectivity index (χ1v) is 5.79. The summed E-state index contributed by atoms with van der Waals surface area (Å²) in [5, 5.41) is 11.4. The number of benzene rings is 1. The standard InChI is InChI=1S/C14H19NO2/c1-2-3-9-14(10-11-15-16)17-12-13-7-5-4-6-8-13/h2,4-8,11,14,16H,1,3,9-10,12H2. The summed E-state index contributed by atoms with van der Waals surface area (Å²) in [7, 11) is 0. The van der Waals surface area contributed by atoms with Gasteiger partial charge < -0.3 is 9.94 Å². The van der Waals surface area contributed by atoms with Crippen molar-refractivity contribution in [1.82, 2.24) is 0 Å². The molecule has 1 rings (SSSR count). The molecule has 1 aromatic rings. The van der Waals surface area contributed by atoms with Gasteiger partial charge in [0.05, 0.1) is 12.7 Å². The van der Waals surface area contributed by atoms with Gasteiger partial charge in [-0.25, -0.2) is 0 Å². The highest BCUT2D eigenvalue weighted by Crippen LogP contribution is 2.10. The molecule has 0 heterocycles. The molecule has 0 saturated carbocycles. The number of hydrogen-bond acceptors (Lipinski definition) is 3. The van der Waals surface area contributed by atoms with Gasteiger partial charge in [-0.2, -0.15) is 0 Å². The zero-order chi connectivity index (χ0) is 12.3. The Morgan fingerprint density at radius 3 is 2.76 bits per heavy atom. The van der Waals surface area contributed by atoms with Crippen molar-refractivity contribution in [2.75, 3.05) is 0 Å². The summed E-state index contributed by atoms with van der Waals surface area (Å²) < 4.78 is 5.78. The van der Waals surface area contributed by atoms with E-state index >= 15 is 0 Å². The van der Waals surface area contributed by atoms with E-state index in [1.807, 2.05) is 36.4 Å². The molecule has 3 heteroatoms. The molecule has 0 spiro atoms. The number of allylic oxidation sites excluding steroid dienone is 1. The lowest BCUT2D eigenvalue weighted by Crippen LogP contribution is -2.13. The molecule has 0 aromatic heterocycles. The van der Waals surface area contributed by atoms with Crippen molar-refractivity contribution in [2.24, 2.45) is 5.16 Å². The van der Waals surface area contributed by atoms with Crippen molar-refractivity contribution in [2.45, 2.75) is 32.0 Å². The van der Waals surface area contributed by atoms with Crippen LogP contribution in [-0.2, 0) is 11.3 Å². The van der Waals surface area contributed by atoms with Crippen LogP contribution in [0.2, 0.25) is 0 Å². The van der Waals surface area contributed by atoms with E-state index in [0.29, 0.717) is 13.0 Å². The molecular formula is C14H19NO2. The first kappa shape index (κ1) is 13.5. The van der Waals surface area contributed by atoms with Crippen molar-refractivity contribution >= 4 is 6.21 Å². The van der Waals surface area contributed by atoms with Crippen LogP contribution in [0.4, 0.5) is 0 Å². The van der Waals surface area contributed by atoms with E-state index in [1.165, 1.54) is 6.21 Å². The molecule has 1 N–H and O–H groups in total. The maximum absolute atomic E-state index is 8.42. The van der Waals surface area contributed by atoms with Crippen LogP contribution >= 0.6 is 0 Å². The van der Waals surface area contributed by atoms with Gasteiger partial charge in [0.2, 0.25) is 0 Å². The van der Waals surface area contributed by atoms with Crippen LogP contribution < -0.4 is 0 Å². The molecule has 0 amide bonds. The molecular weight excluding hydrogens is 214 g/mol. The summed E-state index contributed by atoms with van der Waals surface area (Å²) in [5.74, 6) is 0. The van der Waals surface area contributed by atoms with Crippen molar-refractivity contribution in [3.8, 4) is 0 Å². The van der Waals surface area contributed by atoms with Crippen LogP contribution in [0.1, 0.15) is 24.8 Å². The van der Waals surface area contributed by atoms with Crippen LogP contribution in [-0.4, -0.2) is 17.5 Å². The van der Waals surface area contributed by atoms with Gasteiger partial charge in [-0.3, -0.25) is 0 Å². The molecule has 0 aliphatic rings. The van der Waals surface area contributed by atoms with Crippen LogP contribution in [0, 0.1) is 0 Å². The van der Waals surface area contributed by atoms with Crippen LogP contribution in [0.15, 0.2) is 48.1 Å². The van der Waals surface area contributed by atoms with Gasteiger partial charge in [-0.1, -0.05) is 36.4 Å². The topological polar surface area (TPSA) is 41.8 Å². The Morgan fingerprint density at radius 1 is 1.35 bits per heavy atom. The third-order valence-corrected chi connectivity index (χ3v) is 2.47. The first-order chi connectivity index (χ1) is 8.36. The molecule has 3 nitrogen and oxygen atoms in total. The Morgan fingerprint density at radius 2 is 2.12 bits per heavy atom. The van der Waals surface area contributed by atoms with E-state index in [1.54, 1.807) is 0 Å². The lowest BCUT2D eigenvalue weighted by molar-refractivity contribution is 0.0408. The van der Waals surface area contributed by atoms with Gasteiger partial charge in [0, 0.05) is 12.6 Å². The Balaban J connectivity index is 2.39. The second kappa shape index (κ2) is 8.53. The van der Waals surface area contributed by atoms with Gasteiger partial charge in [0.1, 0.15) is 0 Å². The SMILES string of the molecule is C=CCCC(CC=NO)OCc1ccccc1. The number of rotatable bonds is 8. The third-order valence-electron chi connectivity index (χ3n) is 2.47. The summed E-state index contributed by atoms with van der Waals surface area (Å²) in [4.78, 5) is 0. The van der Waals surface area contributed by atoms with Crippen molar-refractivity contribution in [3.05, 3.63) is 48.6 Å². The van der Waals surface area contributed by atoms with E-state index < -0.39 is 0 Å². The molecule has 17 heavy (non-hydrogen) atoms. The Labute approximate surface area is 102 Å². The third kappa shape index (κ3) is 5.88. The normalized spacial score (nSPS) is 12.7. The molecule has 0 aliphatic carbocycles. The first-order valence-electron chi connectivity index (χ1n) is 5.79. The molecule has 0 aliphatic heterocycles. The molecule has 0 radical (unpaired) electrons. The molecule has 0 fully saturated rings. The fourth-order valence-corrected chi connectivity index (χ4v) is 1.53. The van der Waals surface area contributed by atoms with Gasteiger partial charge in [0.15, 0.2) is 0 Å². The average molecular weight is 233 g/mol. The minimum absolute atomic E-state index is 0.0732. The van der Waals surface area contributed by atoms with Crippen LogP contribution in [0.3, 0.4) is 0 Å². The molecule has 0 saturated heterocycles. The number of nitrogens with zero attached hydrogens (tertiary/aromatic N) is 1. The molecule has 1 aromatic carbocycles. The maximum atomic E-state index is 8.42. The monoisotopic (exact) mass is 233 g/mol. The van der Waals surface area contributed by atoms with Gasteiger partial charge >= 0.3 is 0 Å². The quantitative estimate of drug-likeness (QED) is 0.323. The smallest absolute Gasteiger partial charge is 0.0720 e. The predicted octanol–water partition coefficient (Wildman–Crippen LogP) is 3.39. The minimum atomic E-state index is 0.0732. The van der Waals surface area contributed by atoms with E-state index in [4.69, 9.17) is 9.94 Å². The zero-order valence-corrected chi connectivity index (χ0v) is 9.96. The fraction of sp³-hybridized carbons (Fsp3) is 0.357. The predicted molar refractivity (Wildman–Crippen MR) is 69.3 cm³/mol. The van der Waals surface area contributed by atoms with E-state index in [9.17, 15) is 0 Å². The summed E-state index contributed by atoms with van der Waals surface area (Å²) in [6, 6.07) is 10.0. The summed E-state index contributed by atoms with van der Waals surface area (Å²) >= 11 is 0. The van der Waals surface area contributed by atoms with E-state index in [-0.39, 0.29) is 6.10 Å². The summed E-state index contributed by atoms with van der Waals surface area (Å²) in [5.41, 5.74) is 1.15. The zero-order valence-electron chi connectivity index (χ0n) is 9.96. The van der Waals surface area contributed by atoms with Gasteiger partial charge in [-0.05, 0) is 18.4 Å². The number of ether oxygens (including phenoxy) is 1. The highest BCUT2D eigenvalue weighted by atomic mass is 16.5. The number of hydrogen-bond donors (Lipinski definition) is 1. The lowest BCUT2D eigenvalue weighted by atomic mass is 10.1. The van der Waals surface area contributed by atoms with Crippen LogP contribution in [0.25, 0.3) is 0 Å². The Bertz CT molecular complexity index is 335. The Kier molecular flexibility index (Phi) is 6.75. The highest BCUT2D eigenvalue weighted by Gasteiger charge is 2.07. The minimum Gasteiger partial charge on any atom is -0.411 e. The van der Waals surface area contributed by atoms with Crippen molar-refractivity contribution in [3.63, 3.8) is 0 Å². The molecule has 1 atom stereocenters. The average Bonchev–Trinajstić information content (AvgIpc) is 2.39. The lowest BCUT2D eigenvalue weighted by Gasteiger charge is -2.15. The summed E-state index contributed by atoms with van der Waals surface area (Å²) in [6.07, 6.45) is 5.83. The van der Waals surface area contributed by atoms with Crippen molar-refractivity contribution in [1.29, 1.82) is 0 Å². The van der Waals surface area contributed by atoms with Crippen LogP contribution in [0.5, 0.6) is 0 Å². The van der Waals surface area contributed by atoms with Gasteiger partial charge in [0.25, 0.3) is 0 Å². The maximum Gasteiger partial charge on any atom is 0.0720 e.